The van der Waals surface area contributed by atoms with Crippen LogP contribution >= 0.6 is 0 Å². The molecule has 2 aliphatic rings. The molecule has 4 heterocycles. The zero-order valence-electron chi connectivity index (χ0n) is 26.1. The summed E-state index contributed by atoms with van der Waals surface area (Å²) in [5.74, 6) is 2.09. The van der Waals surface area contributed by atoms with E-state index in [0.29, 0.717) is 12.1 Å². The third-order valence-corrected chi connectivity index (χ3v) is 6.70. The summed E-state index contributed by atoms with van der Waals surface area (Å²) in [4.78, 5) is 16.2. The summed E-state index contributed by atoms with van der Waals surface area (Å²) >= 11 is 0. The average molecular weight is 545 g/mol. The van der Waals surface area contributed by atoms with E-state index in [1.807, 2.05) is 67.8 Å². The van der Waals surface area contributed by atoms with Crippen LogP contribution < -0.4 is 10.6 Å². The Morgan fingerprint density at radius 2 is 0.825 bits per heavy atom. The van der Waals surface area contributed by atoms with Crippen LogP contribution in [0.25, 0.3) is 33.6 Å². The standard InChI is InChI=1S/C26H28N6.4C2H6/c1-3-21(27-13-1)25-29-15-23(31-25)19-9-5-17(6-10-19)18-7-11-20(12-8-18)24-16-30-26(32-24)22-4-2-14-28-22;4*1-2/h5-12,15-16,21-22,27-28H,1-4,13-14H2,(H,29,31)(H,30,32);4*1-2H3. The first-order valence-corrected chi connectivity index (χ1v) is 15.6. The largest absolute Gasteiger partial charge is 0.341 e. The summed E-state index contributed by atoms with van der Waals surface area (Å²) in [5, 5.41) is 6.99. The second-order valence-electron chi connectivity index (χ2n) is 8.82. The van der Waals surface area contributed by atoms with Crippen LogP contribution in [0.3, 0.4) is 0 Å². The normalized spacial score (nSPS) is 17.2. The maximum absolute atomic E-state index is 4.59. The fourth-order valence-corrected chi connectivity index (χ4v) is 4.84. The maximum atomic E-state index is 4.59. The molecule has 4 N–H and O–H groups in total. The van der Waals surface area contributed by atoms with Crippen molar-refractivity contribution < 1.29 is 0 Å². The van der Waals surface area contributed by atoms with Gasteiger partial charge >= 0.3 is 0 Å². The third kappa shape index (κ3) is 8.39. The molecule has 4 aromatic rings. The number of aromatic amines is 2. The van der Waals surface area contributed by atoms with Gasteiger partial charge in [0.15, 0.2) is 0 Å². The predicted octanol–water partition coefficient (Wildman–Crippen LogP) is 9.09. The first kappa shape index (κ1) is 33.0. The van der Waals surface area contributed by atoms with Gasteiger partial charge in [-0.25, -0.2) is 9.97 Å². The molecule has 6 nitrogen and oxygen atoms in total. The Morgan fingerprint density at radius 1 is 0.500 bits per heavy atom. The van der Waals surface area contributed by atoms with Crippen molar-refractivity contribution in [3.8, 4) is 33.6 Å². The molecule has 2 aromatic carbocycles. The SMILES string of the molecule is CC.CC.CC.CC.c1cc(-c2cnc(C3CCCN3)[nH]2)ccc1-c1ccc(-c2cnc(C3CCCN3)[nH]2)cc1. The lowest BCUT2D eigenvalue weighted by Gasteiger charge is -2.07. The number of H-pyrrole nitrogens is 2. The molecule has 2 fully saturated rings. The maximum Gasteiger partial charge on any atom is 0.123 e. The number of hydrogen-bond acceptors (Lipinski definition) is 4. The fourth-order valence-electron chi connectivity index (χ4n) is 4.84. The van der Waals surface area contributed by atoms with E-state index in [1.54, 1.807) is 0 Å². The molecule has 0 radical (unpaired) electrons. The molecule has 6 heteroatoms. The van der Waals surface area contributed by atoms with Crippen molar-refractivity contribution in [1.82, 2.24) is 30.6 Å². The van der Waals surface area contributed by atoms with E-state index in [4.69, 9.17) is 0 Å². The lowest BCUT2D eigenvalue weighted by atomic mass is 10.0. The number of benzene rings is 2. The van der Waals surface area contributed by atoms with Crippen LogP contribution in [0, 0.1) is 0 Å². The average Bonchev–Trinajstić information content (AvgIpc) is 3.88. The van der Waals surface area contributed by atoms with Crippen LogP contribution in [0.15, 0.2) is 60.9 Å². The number of imidazole rings is 2. The number of rotatable bonds is 5. The van der Waals surface area contributed by atoms with E-state index < -0.39 is 0 Å². The molecule has 2 saturated heterocycles. The van der Waals surface area contributed by atoms with E-state index in [1.165, 1.54) is 24.0 Å². The summed E-state index contributed by atoms with van der Waals surface area (Å²) < 4.78 is 0. The van der Waals surface area contributed by atoms with Crippen LogP contribution in [0.4, 0.5) is 0 Å². The van der Waals surface area contributed by atoms with Crippen molar-refractivity contribution in [2.24, 2.45) is 0 Å². The van der Waals surface area contributed by atoms with E-state index in [0.717, 1.165) is 60.1 Å². The molecular formula is C34H52N6. The minimum absolute atomic E-state index is 0.363. The minimum atomic E-state index is 0.363. The highest BCUT2D eigenvalue weighted by Crippen LogP contribution is 2.29. The Kier molecular flexibility index (Phi) is 15.0. The molecule has 6 rings (SSSR count). The first-order chi connectivity index (χ1) is 19.8. The van der Waals surface area contributed by atoms with Crippen LogP contribution in [0.2, 0.25) is 0 Å². The second kappa shape index (κ2) is 18.2. The van der Waals surface area contributed by atoms with Crippen LogP contribution in [-0.4, -0.2) is 33.0 Å². The Labute approximate surface area is 242 Å². The Bertz CT molecular complexity index is 1080. The van der Waals surface area contributed by atoms with Crippen LogP contribution in [0.1, 0.15) is 105 Å². The topological polar surface area (TPSA) is 81.4 Å². The molecule has 218 valence electrons. The summed E-state index contributed by atoms with van der Waals surface area (Å²) in [7, 11) is 0. The van der Waals surface area contributed by atoms with Gasteiger partial charge in [-0.15, -0.1) is 0 Å². The third-order valence-electron chi connectivity index (χ3n) is 6.70. The van der Waals surface area contributed by atoms with Gasteiger partial charge in [0.1, 0.15) is 11.6 Å². The van der Waals surface area contributed by atoms with Crippen molar-refractivity contribution in [3.63, 3.8) is 0 Å². The molecule has 2 atom stereocenters. The van der Waals surface area contributed by atoms with Crippen molar-refractivity contribution in [2.45, 2.75) is 93.2 Å². The predicted molar refractivity (Wildman–Crippen MR) is 172 cm³/mol. The molecule has 2 aliphatic heterocycles. The van der Waals surface area contributed by atoms with Crippen molar-refractivity contribution in [1.29, 1.82) is 0 Å². The van der Waals surface area contributed by atoms with Crippen molar-refractivity contribution in [2.75, 3.05) is 13.1 Å². The zero-order chi connectivity index (χ0) is 29.3. The van der Waals surface area contributed by atoms with Gasteiger partial charge in [-0.1, -0.05) is 104 Å². The highest BCUT2D eigenvalue weighted by atomic mass is 15.0. The van der Waals surface area contributed by atoms with Gasteiger partial charge in [0.25, 0.3) is 0 Å². The van der Waals surface area contributed by atoms with E-state index in [-0.39, 0.29) is 0 Å². The molecule has 0 saturated carbocycles. The number of hydrogen-bond donors (Lipinski definition) is 4. The summed E-state index contributed by atoms with van der Waals surface area (Å²) in [6.45, 7) is 18.2. The van der Waals surface area contributed by atoms with Gasteiger partial charge < -0.3 is 20.6 Å². The quantitative estimate of drug-likeness (QED) is 0.202. The van der Waals surface area contributed by atoms with Crippen LogP contribution in [-0.2, 0) is 0 Å². The summed E-state index contributed by atoms with van der Waals surface area (Å²) in [6.07, 6.45) is 8.62. The molecular weight excluding hydrogens is 492 g/mol. The summed E-state index contributed by atoms with van der Waals surface area (Å²) in [6, 6.07) is 18.1. The van der Waals surface area contributed by atoms with Gasteiger partial charge in [0.2, 0.25) is 0 Å². The monoisotopic (exact) mass is 544 g/mol. The van der Waals surface area contributed by atoms with E-state index in [9.17, 15) is 0 Å². The molecule has 40 heavy (non-hydrogen) atoms. The minimum Gasteiger partial charge on any atom is -0.341 e. The van der Waals surface area contributed by atoms with Gasteiger partial charge in [0, 0.05) is 0 Å². The van der Waals surface area contributed by atoms with Crippen LogP contribution in [0.5, 0.6) is 0 Å². The number of nitrogens with one attached hydrogen (secondary N) is 4. The molecule has 0 amide bonds. The van der Waals surface area contributed by atoms with E-state index in [2.05, 4.69) is 79.1 Å². The summed E-state index contributed by atoms with van der Waals surface area (Å²) in [5.41, 5.74) is 6.88. The van der Waals surface area contributed by atoms with E-state index >= 15 is 0 Å². The molecule has 0 bridgehead atoms. The van der Waals surface area contributed by atoms with Gasteiger partial charge in [0.05, 0.1) is 35.9 Å². The second-order valence-corrected chi connectivity index (χ2v) is 8.82. The van der Waals surface area contributed by atoms with Gasteiger partial charge in [-0.3, -0.25) is 0 Å². The Balaban J connectivity index is 0.000000646. The lowest BCUT2D eigenvalue weighted by molar-refractivity contribution is 0.613. The van der Waals surface area contributed by atoms with Crippen molar-refractivity contribution in [3.05, 3.63) is 72.6 Å². The Morgan fingerprint density at radius 3 is 1.12 bits per heavy atom. The zero-order valence-corrected chi connectivity index (χ0v) is 26.1. The van der Waals surface area contributed by atoms with Crippen molar-refractivity contribution >= 4 is 0 Å². The highest BCUT2D eigenvalue weighted by Gasteiger charge is 2.20. The fraction of sp³-hybridized carbons (Fsp3) is 0.471. The highest BCUT2D eigenvalue weighted by molar-refractivity contribution is 5.71. The number of nitrogens with zero attached hydrogens (tertiary/aromatic N) is 2. The van der Waals surface area contributed by atoms with Gasteiger partial charge in [-0.2, -0.15) is 0 Å². The Hall–Kier alpha value is -3.22. The lowest BCUT2D eigenvalue weighted by Crippen LogP contribution is -2.14. The molecule has 0 aliphatic carbocycles. The molecule has 0 spiro atoms. The molecule has 2 unspecified atom stereocenters. The number of aromatic nitrogens is 4. The first-order valence-electron chi connectivity index (χ1n) is 15.6. The smallest absolute Gasteiger partial charge is 0.123 e. The van der Waals surface area contributed by atoms with Gasteiger partial charge in [-0.05, 0) is 61.0 Å². The molecule has 2 aromatic heterocycles.